The van der Waals surface area contributed by atoms with Gasteiger partial charge in [0, 0.05) is 47.7 Å². The Morgan fingerprint density at radius 2 is 1.85 bits per heavy atom. The minimum Gasteiger partial charge on any atom is -0.508 e. The first kappa shape index (κ1) is 22.1. The van der Waals surface area contributed by atoms with E-state index in [0.717, 1.165) is 22.3 Å². The van der Waals surface area contributed by atoms with Gasteiger partial charge in [-0.3, -0.25) is 4.79 Å². The quantitative estimate of drug-likeness (QED) is 0.549. The first-order valence-electron chi connectivity index (χ1n) is 11.1. The van der Waals surface area contributed by atoms with Crippen LogP contribution in [0, 0.1) is 0 Å². The van der Waals surface area contributed by atoms with Gasteiger partial charge in [-0.25, -0.2) is 4.98 Å². The molecular formula is C25H26N2O7. The first-order chi connectivity index (χ1) is 16.6. The van der Waals surface area contributed by atoms with Gasteiger partial charge < -0.3 is 33.7 Å². The van der Waals surface area contributed by atoms with Gasteiger partial charge in [-0.1, -0.05) is 0 Å². The van der Waals surface area contributed by atoms with Crippen LogP contribution in [-0.2, 0) is 14.3 Å². The second-order valence-corrected chi connectivity index (χ2v) is 8.16. The third-order valence-electron chi connectivity index (χ3n) is 6.21. The molecule has 1 saturated heterocycles. The Labute approximate surface area is 196 Å². The average molecular weight is 466 g/mol. The summed E-state index contributed by atoms with van der Waals surface area (Å²) >= 11 is 0. The van der Waals surface area contributed by atoms with E-state index >= 15 is 0 Å². The molecule has 2 aromatic carbocycles. The zero-order valence-electron chi connectivity index (χ0n) is 19.1. The van der Waals surface area contributed by atoms with Gasteiger partial charge in [0.1, 0.15) is 17.3 Å². The Balaban J connectivity index is 1.70. The number of methoxy groups -OCH3 is 2. The molecule has 1 aromatic heterocycles. The number of rotatable bonds is 6. The van der Waals surface area contributed by atoms with E-state index in [1.165, 1.54) is 13.2 Å². The first-order valence-corrected chi connectivity index (χ1v) is 11.1. The molecule has 9 nitrogen and oxygen atoms in total. The number of nitrogens with zero attached hydrogens (tertiary/aromatic N) is 2. The number of carbonyl (C=O) groups is 1. The van der Waals surface area contributed by atoms with Crippen molar-refractivity contribution in [3.63, 3.8) is 0 Å². The normalized spacial score (nSPS) is 15.9. The number of hydrogen-bond acceptors (Lipinski definition) is 9. The Kier molecular flexibility index (Phi) is 6.02. The highest BCUT2D eigenvalue weighted by Gasteiger charge is 2.30. The molecule has 0 bridgehead atoms. The summed E-state index contributed by atoms with van der Waals surface area (Å²) in [5, 5.41) is 11.8. The molecule has 2 aliphatic rings. The van der Waals surface area contributed by atoms with E-state index in [0.29, 0.717) is 49.1 Å². The van der Waals surface area contributed by atoms with E-state index in [1.54, 1.807) is 13.2 Å². The maximum absolute atomic E-state index is 12.5. The molecular weight excluding hydrogens is 440 g/mol. The molecule has 34 heavy (non-hydrogen) atoms. The summed E-state index contributed by atoms with van der Waals surface area (Å²) in [6.07, 6.45) is 0.0182. The summed E-state index contributed by atoms with van der Waals surface area (Å²) in [5.74, 6) is 1.52. The van der Waals surface area contributed by atoms with E-state index in [1.807, 2.05) is 24.3 Å². The predicted molar refractivity (Wildman–Crippen MR) is 124 cm³/mol. The molecule has 0 spiro atoms. The lowest BCUT2D eigenvalue weighted by Gasteiger charge is -2.32. The maximum atomic E-state index is 12.5. The number of carbonyl (C=O) groups excluding carboxylic acids is 1. The van der Waals surface area contributed by atoms with Crippen LogP contribution < -0.4 is 19.1 Å². The third kappa shape index (κ3) is 4.14. The lowest BCUT2D eigenvalue weighted by atomic mass is 9.86. The van der Waals surface area contributed by atoms with E-state index in [-0.39, 0.29) is 19.0 Å². The molecule has 178 valence electrons. The van der Waals surface area contributed by atoms with Crippen molar-refractivity contribution < 1.29 is 33.6 Å². The SMILES string of the molecule is COC(=O)CC(c1cc2c(cc1O)OCO2)c1cc2ccc(OC)cc2nc1N1CCOCC1. The van der Waals surface area contributed by atoms with Crippen LogP contribution >= 0.6 is 0 Å². The van der Waals surface area contributed by atoms with Gasteiger partial charge in [-0.15, -0.1) is 0 Å². The molecule has 9 heteroatoms. The number of aromatic nitrogens is 1. The Hall–Kier alpha value is -3.72. The Bertz CT molecular complexity index is 1220. The minimum absolute atomic E-state index is 0.0147. The second-order valence-electron chi connectivity index (χ2n) is 8.16. The topological polar surface area (TPSA) is 99.6 Å². The predicted octanol–water partition coefficient (Wildman–Crippen LogP) is 3.21. The van der Waals surface area contributed by atoms with Crippen LogP contribution in [-0.4, -0.2) is 63.4 Å². The van der Waals surface area contributed by atoms with Crippen molar-refractivity contribution in [1.82, 2.24) is 4.98 Å². The number of fused-ring (bicyclic) bond motifs is 2. The second kappa shape index (κ2) is 9.26. The van der Waals surface area contributed by atoms with Crippen molar-refractivity contribution >= 4 is 22.7 Å². The molecule has 0 aliphatic carbocycles. The molecule has 2 aliphatic heterocycles. The summed E-state index contributed by atoms with van der Waals surface area (Å²) in [5.41, 5.74) is 2.12. The number of ether oxygens (including phenoxy) is 5. The van der Waals surface area contributed by atoms with Crippen molar-refractivity contribution in [2.75, 3.05) is 52.2 Å². The Morgan fingerprint density at radius 1 is 1.09 bits per heavy atom. The van der Waals surface area contributed by atoms with Crippen molar-refractivity contribution in [3.05, 3.63) is 47.5 Å². The number of aromatic hydroxyl groups is 1. The van der Waals surface area contributed by atoms with Gasteiger partial charge in [0.25, 0.3) is 0 Å². The van der Waals surface area contributed by atoms with Crippen molar-refractivity contribution in [2.45, 2.75) is 12.3 Å². The highest BCUT2D eigenvalue weighted by atomic mass is 16.7. The highest BCUT2D eigenvalue weighted by molar-refractivity contribution is 5.84. The molecule has 1 N–H and O–H groups in total. The summed E-state index contributed by atoms with van der Waals surface area (Å²) in [6.45, 7) is 2.56. The van der Waals surface area contributed by atoms with E-state index in [9.17, 15) is 9.90 Å². The monoisotopic (exact) mass is 466 g/mol. The lowest BCUT2D eigenvalue weighted by molar-refractivity contribution is -0.140. The molecule has 5 rings (SSSR count). The number of anilines is 1. The van der Waals surface area contributed by atoms with Crippen LogP contribution in [0.3, 0.4) is 0 Å². The number of benzene rings is 2. The smallest absolute Gasteiger partial charge is 0.306 e. The molecule has 0 saturated carbocycles. The van der Waals surface area contributed by atoms with E-state index in [4.69, 9.17) is 28.7 Å². The van der Waals surface area contributed by atoms with Gasteiger partial charge in [-0.05, 0) is 24.3 Å². The number of hydrogen-bond donors (Lipinski definition) is 1. The number of phenols is 1. The number of pyridine rings is 1. The fourth-order valence-electron chi connectivity index (χ4n) is 4.43. The molecule has 1 fully saturated rings. The summed E-state index contributed by atoms with van der Waals surface area (Å²) in [6, 6.07) is 11.0. The van der Waals surface area contributed by atoms with Gasteiger partial charge in [-0.2, -0.15) is 0 Å². The lowest BCUT2D eigenvalue weighted by Crippen LogP contribution is -2.37. The largest absolute Gasteiger partial charge is 0.508 e. The molecule has 3 aromatic rings. The fraction of sp³-hybridized carbons (Fsp3) is 0.360. The average Bonchev–Trinajstić information content (AvgIpc) is 3.33. The number of phenolic OH excluding ortho intramolecular Hbond substituents is 1. The summed E-state index contributed by atoms with van der Waals surface area (Å²) < 4.78 is 26.9. The molecule has 3 heterocycles. The fourth-order valence-corrected chi connectivity index (χ4v) is 4.43. The van der Waals surface area contributed by atoms with Crippen LogP contribution in [0.25, 0.3) is 10.9 Å². The standard InChI is InChI=1S/C25H26N2O7/c1-30-16-4-3-15-9-19(25(26-20(15)10-16)27-5-7-32-8-6-27)17(12-24(29)31-2)18-11-22-23(13-21(18)28)34-14-33-22/h3-4,9-11,13,17,28H,5-8,12,14H2,1-2H3. The number of morpholine rings is 1. The zero-order valence-corrected chi connectivity index (χ0v) is 19.1. The van der Waals surface area contributed by atoms with Crippen LogP contribution in [0.2, 0.25) is 0 Å². The van der Waals surface area contributed by atoms with Gasteiger partial charge in [0.05, 0.1) is 39.4 Å². The summed E-state index contributed by atoms with van der Waals surface area (Å²) in [4.78, 5) is 19.7. The molecule has 1 unspecified atom stereocenters. The highest BCUT2D eigenvalue weighted by Crippen LogP contribution is 2.45. The van der Waals surface area contributed by atoms with Gasteiger partial charge >= 0.3 is 5.97 Å². The number of esters is 1. The third-order valence-corrected chi connectivity index (χ3v) is 6.21. The van der Waals surface area contributed by atoms with Crippen molar-refractivity contribution in [3.8, 4) is 23.0 Å². The van der Waals surface area contributed by atoms with Crippen LogP contribution in [0.1, 0.15) is 23.5 Å². The van der Waals surface area contributed by atoms with E-state index < -0.39 is 11.9 Å². The maximum Gasteiger partial charge on any atom is 0.306 e. The van der Waals surface area contributed by atoms with Crippen LogP contribution in [0.5, 0.6) is 23.0 Å². The van der Waals surface area contributed by atoms with Crippen LogP contribution in [0.4, 0.5) is 5.82 Å². The van der Waals surface area contributed by atoms with Crippen molar-refractivity contribution in [1.29, 1.82) is 0 Å². The van der Waals surface area contributed by atoms with E-state index in [2.05, 4.69) is 4.90 Å². The van der Waals surface area contributed by atoms with Crippen LogP contribution in [0.15, 0.2) is 36.4 Å². The summed E-state index contributed by atoms with van der Waals surface area (Å²) in [7, 11) is 2.97. The minimum atomic E-state index is -0.529. The molecule has 1 atom stereocenters. The van der Waals surface area contributed by atoms with Gasteiger partial charge in [0.2, 0.25) is 6.79 Å². The Morgan fingerprint density at radius 3 is 2.59 bits per heavy atom. The molecule has 0 radical (unpaired) electrons. The zero-order chi connectivity index (χ0) is 23.7. The molecule has 0 amide bonds. The van der Waals surface area contributed by atoms with Gasteiger partial charge in [0.15, 0.2) is 11.5 Å². The van der Waals surface area contributed by atoms with Crippen molar-refractivity contribution in [2.24, 2.45) is 0 Å².